The number of hydrogen-bond acceptors (Lipinski definition) is 7. The van der Waals surface area contributed by atoms with Gasteiger partial charge in [-0.15, -0.1) is 0 Å². The fraction of sp³-hybridized carbons (Fsp3) is 0.250. The quantitative estimate of drug-likeness (QED) is 0.440. The minimum atomic E-state index is -3.21. The number of aryl methyl sites for hydroxylation is 2. The highest BCUT2D eigenvalue weighted by Gasteiger charge is 2.30. The summed E-state index contributed by atoms with van der Waals surface area (Å²) in [6.07, 6.45) is 2.95. The zero-order valence-corrected chi connectivity index (χ0v) is 19.4. The van der Waals surface area contributed by atoms with Gasteiger partial charge in [0.15, 0.2) is 9.84 Å². The summed E-state index contributed by atoms with van der Waals surface area (Å²) >= 11 is 0. The highest BCUT2D eigenvalue weighted by molar-refractivity contribution is 7.91. The molecule has 174 valence electrons. The summed E-state index contributed by atoms with van der Waals surface area (Å²) < 4.78 is 30.6. The van der Waals surface area contributed by atoms with Crippen molar-refractivity contribution in [1.82, 2.24) is 14.7 Å². The number of carbonyl (C=O) groups excluding carboxylic acids is 1. The molecule has 0 aliphatic carbocycles. The second-order valence-corrected chi connectivity index (χ2v) is 10.4. The number of fused-ring (bicyclic) bond motifs is 1. The summed E-state index contributed by atoms with van der Waals surface area (Å²) in [6.45, 7) is 3.69. The van der Waals surface area contributed by atoms with E-state index in [0.717, 1.165) is 17.2 Å². The minimum Gasteiger partial charge on any atom is -0.438 e. The molecule has 1 aliphatic heterocycles. The van der Waals surface area contributed by atoms with Gasteiger partial charge in [-0.3, -0.25) is 14.0 Å². The second kappa shape index (κ2) is 9.11. The Hall–Kier alpha value is -3.97. The molecule has 34 heavy (non-hydrogen) atoms. The van der Waals surface area contributed by atoms with E-state index in [-0.39, 0.29) is 34.9 Å². The number of nitrogens with one attached hydrogen (secondary N) is 1. The number of aromatic nitrogens is 2. The Balaban J connectivity index is 1.79. The largest absolute Gasteiger partial charge is 0.438 e. The summed E-state index contributed by atoms with van der Waals surface area (Å²) in [7, 11) is -3.21. The summed E-state index contributed by atoms with van der Waals surface area (Å²) in [6, 6.07) is 11.9. The van der Waals surface area contributed by atoms with Crippen LogP contribution in [0.15, 0.2) is 53.0 Å². The van der Waals surface area contributed by atoms with E-state index < -0.39 is 27.3 Å². The Morgan fingerprint density at radius 1 is 1.29 bits per heavy atom. The lowest BCUT2D eigenvalue weighted by molar-refractivity contribution is -0.117. The number of carbonyl (C=O) groups is 1. The SMILES string of the molecule is Cc1cccc(Oc2nc3c(C)cccn3c(=O)c2/C=C(\C#N)C(=O)NC2CCS(=O)(=O)C2)c1. The molecule has 3 heterocycles. The Morgan fingerprint density at radius 3 is 2.76 bits per heavy atom. The average molecular weight is 479 g/mol. The Kier molecular flexibility index (Phi) is 6.22. The zero-order chi connectivity index (χ0) is 24.5. The van der Waals surface area contributed by atoms with Crippen LogP contribution in [0.2, 0.25) is 0 Å². The van der Waals surface area contributed by atoms with Gasteiger partial charge in [-0.05, 0) is 55.7 Å². The van der Waals surface area contributed by atoms with E-state index in [0.29, 0.717) is 11.4 Å². The van der Waals surface area contributed by atoms with Gasteiger partial charge in [-0.1, -0.05) is 18.2 Å². The standard InChI is InChI=1S/C24H22N4O5S/c1-15-5-3-7-19(11-15)33-23-20(24(30)28-9-4-6-16(2)21(28)27-23)12-17(13-25)22(29)26-18-8-10-34(31,32)14-18/h3-7,9,11-12,18H,8,10,14H2,1-2H3,(H,26,29)/b17-12+. The van der Waals surface area contributed by atoms with Crippen LogP contribution in [-0.2, 0) is 14.6 Å². The van der Waals surface area contributed by atoms with Crippen LogP contribution in [-0.4, -0.2) is 41.3 Å². The number of nitrogens with zero attached hydrogens (tertiary/aromatic N) is 3. The van der Waals surface area contributed by atoms with Crippen LogP contribution in [0.1, 0.15) is 23.1 Å². The molecule has 3 aromatic rings. The van der Waals surface area contributed by atoms with Crippen LogP contribution in [0.5, 0.6) is 11.6 Å². The van der Waals surface area contributed by atoms with E-state index in [1.807, 2.05) is 13.0 Å². The number of amides is 1. The number of benzene rings is 1. The molecule has 1 N–H and O–H groups in total. The van der Waals surface area contributed by atoms with Crippen molar-refractivity contribution in [2.45, 2.75) is 26.3 Å². The van der Waals surface area contributed by atoms with Gasteiger partial charge in [0, 0.05) is 12.2 Å². The van der Waals surface area contributed by atoms with Gasteiger partial charge in [0.2, 0.25) is 5.88 Å². The smallest absolute Gasteiger partial charge is 0.269 e. The lowest BCUT2D eigenvalue weighted by Crippen LogP contribution is -2.36. The Morgan fingerprint density at radius 2 is 2.09 bits per heavy atom. The number of rotatable bonds is 5. The predicted molar refractivity (Wildman–Crippen MR) is 126 cm³/mol. The van der Waals surface area contributed by atoms with Crippen molar-refractivity contribution < 1.29 is 17.9 Å². The molecule has 10 heteroatoms. The second-order valence-electron chi connectivity index (χ2n) is 8.18. The first kappa shape index (κ1) is 23.2. The van der Waals surface area contributed by atoms with Gasteiger partial charge in [0.25, 0.3) is 11.5 Å². The third-order valence-electron chi connectivity index (χ3n) is 5.47. The van der Waals surface area contributed by atoms with E-state index in [2.05, 4.69) is 10.3 Å². The van der Waals surface area contributed by atoms with Crippen LogP contribution in [0, 0.1) is 25.2 Å². The monoisotopic (exact) mass is 478 g/mol. The van der Waals surface area contributed by atoms with Crippen LogP contribution < -0.4 is 15.6 Å². The number of ether oxygens (including phenoxy) is 1. The van der Waals surface area contributed by atoms with Gasteiger partial charge in [0.1, 0.15) is 28.6 Å². The fourth-order valence-electron chi connectivity index (χ4n) is 3.75. The van der Waals surface area contributed by atoms with Crippen molar-refractivity contribution in [2.75, 3.05) is 11.5 Å². The molecule has 1 aliphatic rings. The van der Waals surface area contributed by atoms with Gasteiger partial charge in [-0.2, -0.15) is 10.2 Å². The van der Waals surface area contributed by atoms with E-state index in [1.54, 1.807) is 49.5 Å². The van der Waals surface area contributed by atoms with Crippen LogP contribution >= 0.6 is 0 Å². The molecule has 1 fully saturated rings. The lowest BCUT2D eigenvalue weighted by atomic mass is 10.1. The number of sulfone groups is 1. The normalized spacial score (nSPS) is 17.3. The predicted octanol–water partition coefficient (Wildman–Crippen LogP) is 2.31. The molecule has 4 rings (SSSR count). The van der Waals surface area contributed by atoms with E-state index in [4.69, 9.17) is 4.74 Å². The molecule has 0 bridgehead atoms. The van der Waals surface area contributed by atoms with Gasteiger partial charge >= 0.3 is 0 Å². The van der Waals surface area contributed by atoms with Crippen LogP contribution in [0.4, 0.5) is 0 Å². The molecular formula is C24H22N4O5S. The lowest BCUT2D eigenvalue weighted by Gasteiger charge is -2.13. The maximum atomic E-state index is 13.3. The fourth-order valence-corrected chi connectivity index (χ4v) is 5.42. The molecule has 1 saturated heterocycles. The topological polar surface area (TPSA) is 131 Å². The summed E-state index contributed by atoms with van der Waals surface area (Å²) in [5.41, 5.74) is 1.11. The summed E-state index contributed by atoms with van der Waals surface area (Å²) in [5.74, 6) is -0.571. The van der Waals surface area contributed by atoms with E-state index in [9.17, 15) is 23.3 Å². The molecule has 1 aromatic carbocycles. The van der Waals surface area contributed by atoms with Crippen molar-refractivity contribution in [3.8, 4) is 17.7 Å². The first-order chi connectivity index (χ1) is 16.2. The Bertz CT molecular complexity index is 1530. The Labute approximate surface area is 196 Å². The first-order valence-electron chi connectivity index (χ1n) is 10.6. The number of nitriles is 1. The van der Waals surface area contributed by atoms with Crippen molar-refractivity contribution in [2.24, 2.45) is 0 Å². The maximum absolute atomic E-state index is 13.3. The molecule has 9 nitrogen and oxygen atoms in total. The van der Waals surface area contributed by atoms with Crippen molar-refractivity contribution in [3.63, 3.8) is 0 Å². The molecule has 2 aromatic heterocycles. The third kappa shape index (κ3) is 4.84. The molecule has 1 atom stereocenters. The van der Waals surface area contributed by atoms with Crippen molar-refractivity contribution in [1.29, 1.82) is 5.26 Å². The third-order valence-corrected chi connectivity index (χ3v) is 7.24. The average Bonchev–Trinajstić information content (AvgIpc) is 3.12. The zero-order valence-electron chi connectivity index (χ0n) is 18.6. The van der Waals surface area contributed by atoms with Gasteiger partial charge in [-0.25, -0.2) is 8.42 Å². The van der Waals surface area contributed by atoms with E-state index >= 15 is 0 Å². The van der Waals surface area contributed by atoms with Crippen molar-refractivity contribution in [3.05, 3.63) is 75.2 Å². The van der Waals surface area contributed by atoms with Crippen molar-refractivity contribution >= 4 is 27.5 Å². The van der Waals surface area contributed by atoms with E-state index in [1.165, 1.54) is 4.40 Å². The highest BCUT2D eigenvalue weighted by atomic mass is 32.2. The maximum Gasteiger partial charge on any atom is 0.269 e. The number of pyridine rings is 1. The minimum absolute atomic E-state index is 0.0205. The van der Waals surface area contributed by atoms with Gasteiger partial charge in [0.05, 0.1) is 11.5 Å². The summed E-state index contributed by atoms with van der Waals surface area (Å²) in [4.78, 5) is 30.6. The van der Waals surface area contributed by atoms with Crippen LogP contribution in [0.3, 0.4) is 0 Å². The molecule has 0 spiro atoms. The first-order valence-corrected chi connectivity index (χ1v) is 12.4. The summed E-state index contributed by atoms with van der Waals surface area (Å²) in [5, 5.41) is 12.2. The molecule has 0 saturated carbocycles. The number of hydrogen-bond donors (Lipinski definition) is 1. The molecule has 1 amide bonds. The molecular weight excluding hydrogens is 456 g/mol. The molecule has 0 radical (unpaired) electrons. The van der Waals surface area contributed by atoms with Crippen LogP contribution in [0.25, 0.3) is 11.7 Å². The van der Waals surface area contributed by atoms with Gasteiger partial charge < -0.3 is 10.1 Å². The highest BCUT2D eigenvalue weighted by Crippen LogP contribution is 2.25. The molecule has 1 unspecified atom stereocenters.